The molecule has 0 aliphatic rings. The molecule has 0 saturated heterocycles. The van der Waals surface area contributed by atoms with E-state index in [2.05, 4.69) is 132 Å². The Morgan fingerprint density at radius 1 is 0.467 bits per heavy atom. The van der Waals surface area contributed by atoms with Crippen LogP contribution in [0.5, 0.6) is 0 Å². The zero-order chi connectivity index (χ0) is 20.2. The smallest absolute Gasteiger partial charge is 0.0489 e. The van der Waals surface area contributed by atoms with E-state index in [0.717, 1.165) is 6.54 Å². The van der Waals surface area contributed by atoms with Gasteiger partial charge < -0.3 is 4.57 Å². The summed E-state index contributed by atoms with van der Waals surface area (Å²) in [5.74, 6) is 0. The summed E-state index contributed by atoms with van der Waals surface area (Å²) in [5.41, 5.74) is 8.80. The third-order valence-electron chi connectivity index (χ3n) is 5.50. The molecule has 5 aromatic rings. The number of benzene rings is 4. The molecule has 0 N–H and O–H groups in total. The summed E-state index contributed by atoms with van der Waals surface area (Å²) in [6.45, 7) is 0.839. The normalized spacial score (nSPS) is 10.8. The van der Waals surface area contributed by atoms with Gasteiger partial charge in [0.25, 0.3) is 0 Å². The van der Waals surface area contributed by atoms with Crippen molar-refractivity contribution in [1.29, 1.82) is 0 Å². The molecule has 5 rings (SSSR count). The van der Waals surface area contributed by atoms with Gasteiger partial charge in [-0.2, -0.15) is 0 Å². The van der Waals surface area contributed by atoms with Crippen LogP contribution in [-0.2, 0) is 6.54 Å². The minimum absolute atomic E-state index is 0.839. The Kier molecular flexibility index (Phi) is 5.01. The van der Waals surface area contributed by atoms with E-state index >= 15 is 0 Å². The molecule has 144 valence electrons. The van der Waals surface area contributed by atoms with Crippen LogP contribution in [0.2, 0.25) is 0 Å². The Hall–Kier alpha value is -3.84. The Labute approximate surface area is 177 Å². The topological polar surface area (TPSA) is 4.93 Å². The second-order valence-corrected chi connectivity index (χ2v) is 7.50. The number of hydrogen-bond donors (Lipinski definition) is 0. The number of aromatic nitrogens is 1. The lowest BCUT2D eigenvalue weighted by molar-refractivity contribution is 0.815. The molecule has 0 fully saturated rings. The molecule has 0 radical (unpaired) electrons. The summed E-state index contributed by atoms with van der Waals surface area (Å²) < 4.78 is 2.34. The highest BCUT2D eigenvalue weighted by Gasteiger charge is 2.11. The first-order chi connectivity index (χ1) is 14.9. The molecule has 0 spiro atoms. The van der Waals surface area contributed by atoms with Crippen molar-refractivity contribution in [3.63, 3.8) is 0 Å². The second-order valence-electron chi connectivity index (χ2n) is 7.50. The van der Waals surface area contributed by atoms with Crippen LogP contribution in [0.15, 0.2) is 128 Å². The van der Waals surface area contributed by atoms with Crippen LogP contribution in [0, 0.1) is 0 Å². The first-order valence-corrected chi connectivity index (χ1v) is 10.3. The maximum atomic E-state index is 2.34. The molecule has 1 aromatic heterocycles. The van der Waals surface area contributed by atoms with E-state index in [-0.39, 0.29) is 0 Å². The lowest BCUT2D eigenvalue weighted by atomic mass is 9.97. The first-order valence-electron chi connectivity index (χ1n) is 10.3. The molecule has 30 heavy (non-hydrogen) atoms. The van der Waals surface area contributed by atoms with Gasteiger partial charge in [-0.1, -0.05) is 103 Å². The average Bonchev–Trinajstić information content (AvgIpc) is 3.28. The molecule has 0 aliphatic heterocycles. The third-order valence-corrected chi connectivity index (χ3v) is 5.50. The van der Waals surface area contributed by atoms with E-state index in [1.807, 2.05) is 0 Å². The van der Waals surface area contributed by atoms with Gasteiger partial charge in [0, 0.05) is 24.0 Å². The van der Waals surface area contributed by atoms with E-state index in [1.54, 1.807) is 0 Å². The van der Waals surface area contributed by atoms with Crippen molar-refractivity contribution >= 4 is 0 Å². The van der Waals surface area contributed by atoms with Gasteiger partial charge in [0.15, 0.2) is 0 Å². The quantitative estimate of drug-likeness (QED) is 0.294. The van der Waals surface area contributed by atoms with E-state index in [0.29, 0.717) is 0 Å². The SMILES string of the molecule is c1ccc(-c2cccc(Cn3cccc3-c3ccccc3-c3ccccc3)c2)cc1. The van der Waals surface area contributed by atoms with Crippen molar-refractivity contribution in [3.8, 4) is 33.5 Å². The van der Waals surface area contributed by atoms with Crippen LogP contribution in [0.1, 0.15) is 5.56 Å². The minimum atomic E-state index is 0.839. The Morgan fingerprint density at radius 2 is 1.10 bits per heavy atom. The molecular formula is C29H23N. The van der Waals surface area contributed by atoms with E-state index in [9.17, 15) is 0 Å². The lowest BCUT2D eigenvalue weighted by Gasteiger charge is -2.14. The molecule has 4 aromatic carbocycles. The Bertz CT molecular complexity index is 1250. The standard InChI is InChI=1S/C29H23N/c1-3-12-24(13-4-1)26-16-9-11-23(21-26)22-30-20-10-19-29(30)28-18-8-7-17-27(28)25-14-5-2-6-15-25/h1-21H,22H2. The molecule has 1 heteroatoms. The van der Waals surface area contributed by atoms with Crippen LogP contribution in [0.3, 0.4) is 0 Å². The molecule has 0 aliphatic carbocycles. The molecule has 0 saturated carbocycles. The van der Waals surface area contributed by atoms with Gasteiger partial charge in [-0.15, -0.1) is 0 Å². The summed E-state index contributed by atoms with van der Waals surface area (Å²) in [7, 11) is 0. The fourth-order valence-corrected chi connectivity index (χ4v) is 4.05. The van der Waals surface area contributed by atoms with Gasteiger partial charge >= 0.3 is 0 Å². The molecule has 1 heterocycles. The number of nitrogens with zero attached hydrogens (tertiary/aromatic N) is 1. The van der Waals surface area contributed by atoms with Gasteiger partial charge in [-0.05, 0) is 46.0 Å². The largest absolute Gasteiger partial charge is 0.343 e. The predicted molar refractivity (Wildman–Crippen MR) is 126 cm³/mol. The van der Waals surface area contributed by atoms with Crippen molar-refractivity contribution in [3.05, 3.63) is 133 Å². The summed E-state index contributed by atoms with van der Waals surface area (Å²) in [5, 5.41) is 0. The van der Waals surface area contributed by atoms with Gasteiger partial charge in [-0.3, -0.25) is 0 Å². The van der Waals surface area contributed by atoms with Crippen molar-refractivity contribution < 1.29 is 0 Å². The molecule has 1 nitrogen and oxygen atoms in total. The Balaban J connectivity index is 1.51. The zero-order valence-corrected chi connectivity index (χ0v) is 16.8. The highest BCUT2D eigenvalue weighted by atomic mass is 15.0. The van der Waals surface area contributed by atoms with Crippen LogP contribution in [0.4, 0.5) is 0 Å². The maximum absolute atomic E-state index is 2.34. The average molecular weight is 386 g/mol. The van der Waals surface area contributed by atoms with Gasteiger partial charge in [0.1, 0.15) is 0 Å². The molecule has 0 atom stereocenters. The van der Waals surface area contributed by atoms with Crippen molar-refractivity contribution in [2.45, 2.75) is 6.54 Å². The fraction of sp³-hybridized carbons (Fsp3) is 0.0345. The van der Waals surface area contributed by atoms with Crippen molar-refractivity contribution in [2.24, 2.45) is 0 Å². The highest BCUT2D eigenvalue weighted by molar-refractivity contribution is 5.82. The molecule has 0 bridgehead atoms. The zero-order valence-electron chi connectivity index (χ0n) is 16.8. The molecule has 0 unspecified atom stereocenters. The lowest BCUT2D eigenvalue weighted by Crippen LogP contribution is -2.01. The van der Waals surface area contributed by atoms with Crippen LogP contribution >= 0.6 is 0 Å². The van der Waals surface area contributed by atoms with Crippen molar-refractivity contribution in [1.82, 2.24) is 4.57 Å². The molecular weight excluding hydrogens is 362 g/mol. The predicted octanol–water partition coefficient (Wildman–Crippen LogP) is 7.54. The van der Waals surface area contributed by atoms with Gasteiger partial charge in [0.2, 0.25) is 0 Å². The highest BCUT2D eigenvalue weighted by Crippen LogP contribution is 2.32. The second kappa shape index (κ2) is 8.26. The van der Waals surface area contributed by atoms with E-state index in [4.69, 9.17) is 0 Å². The fourth-order valence-electron chi connectivity index (χ4n) is 4.05. The summed E-state index contributed by atoms with van der Waals surface area (Å²) >= 11 is 0. The first kappa shape index (κ1) is 18.2. The van der Waals surface area contributed by atoms with E-state index < -0.39 is 0 Å². The third kappa shape index (κ3) is 3.70. The Morgan fingerprint density at radius 3 is 1.87 bits per heavy atom. The monoisotopic (exact) mass is 385 g/mol. The van der Waals surface area contributed by atoms with Gasteiger partial charge in [-0.25, -0.2) is 0 Å². The van der Waals surface area contributed by atoms with E-state index in [1.165, 1.54) is 39.1 Å². The van der Waals surface area contributed by atoms with Crippen LogP contribution < -0.4 is 0 Å². The number of hydrogen-bond acceptors (Lipinski definition) is 0. The summed E-state index contributed by atoms with van der Waals surface area (Å²) in [4.78, 5) is 0. The van der Waals surface area contributed by atoms with Gasteiger partial charge in [0.05, 0.1) is 0 Å². The minimum Gasteiger partial charge on any atom is -0.343 e. The summed E-state index contributed by atoms with van der Waals surface area (Å²) in [6.07, 6.45) is 2.17. The van der Waals surface area contributed by atoms with Crippen LogP contribution in [0.25, 0.3) is 33.5 Å². The maximum Gasteiger partial charge on any atom is 0.0489 e. The number of rotatable bonds is 5. The molecule has 0 amide bonds. The summed E-state index contributed by atoms with van der Waals surface area (Å²) in [6, 6.07) is 43.0. The van der Waals surface area contributed by atoms with Crippen molar-refractivity contribution in [2.75, 3.05) is 0 Å². The van der Waals surface area contributed by atoms with Crippen LogP contribution in [-0.4, -0.2) is 4.57 Å².